The van der Waals surface area contributed by atoms with Gasteiger partial charge in [0.15, 0.2) is 5.76 Å². The highest BCUT2D eigenvalue weighted by Crippen LogP contribution is 2.29. The average Bonchev–Trinajstić information content (AvgIpc) is 3.30. The molecule has 2 heterocycles. The molecule has 33 heavy (non-hydrogen) atoms. The number of hydrogen-bond acceptors (Lipinski definition) is 6. The lowest BCUT2D eigenvalue weighted by atomic mass is 10.1. The third-order valence-corrected chi connectivity index (χ3v) is 5.76. The van der Waals surface area contributed by atoms with Crippen LogP contribution in [0, 0.1) is 10.1 Å². The summed E-state index contributed by atoms with van der Waals surface area (Å²) >= 11 is 6.03. The highest BCUT2D eigenvalue weighted by Gasteiger charge is 2.15. The normalized spacial score (nSPS) is 14.1. The molecule has 0 atom stereocenters. The van der Waals surface area contributed by atoms with Gasteiger partial charge in [0.1, 0.15) is 18.1 Å². The minimum atomic E-state index is -0.529. The Kier molecular flexibility index (Phi) is 7.26. The quantitative estimate of drug-likeness (QED) is 0.337. The van der Waals surface area contributed by atoms with Crippen LogP contribution in [0.5, 0.6) is 5.75 Å². The summed E-state index contributed by atoms with van der Waals surface area (Å²) in [4.78, 5) is 25.4. The molecule has 4 rings (SSSR count). The molecule has 3 aromatic rings. The van der Waals surface area contributed by atoms with E-state index < -0.39 is 4.92 Å². The van der Waals surface area contributed by atoms with E-state index in [1.54, 1.807) is 12.1 Å². The van der Waals surface area contributed by atoms with E-state index in [9.17, 15) is 14.9 Å². The first kappa shape index (κ1) is 22.8. The van der Waals surface area contributed by atoms with Gasteiger partial charge in [-0.15, -0.1) is 0 Å². The number of rotatable bonds is 8. The van der Waals surface area contributed by atoms with E-state index in [4.69, 9.17) is 20.8 Å². The Morgan fingerprint density at radius 2 is 1.85 bits per heavy atom. The second-order valence-corrected chi connectivity index (χ2v) is 8.32. The number of non-ortho nitro benzene ring substituents is 1. The van der Waals surface area contributed by atoms with E-state index in [2.05, 4.69) is 10.2 Å². The van der Waals surface area contributed by atoms with Crippen LogP contribution in [0.4, 0.5) is 11.4 Å². The number of ether oxygens (including phenoxy) is 1. The average molecular weight is 470 g/mol. The summed E-state index contributed by atoms with van der Waals surface area (Å²) in [5.74, 6) is 0.312. The highest BCUT2D eigenvalue weighted by molar-refractivity contribution is 6.32. The summed E-state index contributed by atoms with van der Waals surface area (Å²) in [7, 11) is 0. The van der Waals surface area contributed by atoms with Crippen molar-refractivity contribution < 1.29 is 18.9 Å². The number of hydrogen-bond donors (Lipinski definition) is 1. The summed E-state index contributed by atoms with van der Waals surface area (Å²) in [5.41, 5.74) is 1.77. The van der Waals surface area contributed by atoms with Crippen molar-refractivity contribution >= 4 is 28.9 Å². The Hall–Kier alpha value is -3.36. The maximum Gasteiger partial charge on any atom is 0.291 e. The first-order chi connectivity index (χ1) is 16.0. The van der Waals surface area contributed by atoms with Crippen molar-refractivity contribution in [3.63, 3.8) is 0 Å². The summed E-state index contributed by atoms with van der Waals surface area (Å²) in [6.07, 6.45) is 3.82. The number of nitrogens with zero attached hydrogens (tertiary/aromatic N) is 2. The number of carbonyl (C=O) groups is 1. The third kappa shape index (κ3) is 6.12. The van der Waals surface area contributed by atoms with E-state index in [1.165, 1.54) is 43.0 Å². The molecule has 0 unspecified atom stereocenters. The standard InChI is InChI=1S/C24H24ClN3O5/c25-21-10-8-19(28(30)31)14-23(21)32-16-20-9-11-22(33-20)24(29)26-18-6-4-17(5-7-18)15-27-12-2-1-3-13-27/h4-11,14H,1-3,12-13,15-16H2,(H,26,29). The lowest BCUT2D eigenvalue weighted by molar-refractivity contribution is -0.384. The van der Waals surface area contributed by atoms with Crippen LogP contribution in [0.3, 0.4) is 0 Å². The van der Waals surface area contributed by atoms with Crippen molar-refractivity contribution in [3.05, 3.63) is 86.8 Å². The Morgan fingerprint density at radius 3 is 2.58 bits per heavy atom. The molecule has 0 saturated carbocycles. The van der Waals surface area contributed by atoms with Gasteiger partial charge < -0.3 is 14.5 Å². The van der Waals surface area contributed by atoms with Crippen molar-refractivity contribution in [2.24, 2.45) is 0 Å². The van der Waals surface area contributed by atoms with Crippen LogP contribution >= 0.6 is 11.6 Å². The van der Waals surface area contributed by atoms with Crippen LogP contribution in [-0.4, -0.2) is 28.8 Å². The minimum Gasteiger partial charge on any atom is -0.484 e. The van der Waals surface area contributed by atoms with Crippen LogP contribution in [0.2, 0.25) is 5.02 Å². The first-order valence-corrected chi connectivity index (χ1v) is 11.1. The van der Waals surface area contributed by atoms with Crippen molar-refractivity contribution in [1.29, 1.82) is 0 Å². The van der Waals surface area contributed by atoms with Gasteiger partial charge in [-0.3, -0.25) is 19.8 Å². The second-order valence-electron chi connectivity index (χ2n) is 7.91. The zero-order chi connectivity index (χ0) is 23.2. The fraction of sp³-hybridized carbons (Fsp3) is 0.292. The molecule has 1 aliphatic rings. The summed E-state index contributed by atoms with van der Waals surface area (Å²) in [6.45, 7) is 3.16. The predicted octanol–water partition coefficient (Wildman–Crippen LogP) is 5.66. The molecule has 1 N–H and O–H groups in total. The lowest BCUT2D eigenvalue weighted by Gasteiger charge is -2.26. The minimum absolute atomic E-state index is 0.0284. The van der Waals surface area contributed by atoms with Gasteiger partial charge in [-0.1, -0.05) is 30.2 Å². The van der Waals surface area contributed by atoms with Crippen LogP contribution in [0.15, 0.2) is 59.0 Å². The summed E-state index contributed by atoms with van der Waals surface area (Å²) < 4.78 is 11.1. The summed E-state index contributed by atoms with van der Waals surface area (Å²) in [5, 5.41) is 14.0. The smallest absolute Gasteiger partial charge is 0.291 e. The topological polar surface area (TPSA) is 97.9 Å². The Bertz CT molecular complexity index is 1120. The number of benzene rings is 2. The number of furan rings is 1. The monoisotopic (exact) mass is 469 g/mol. The molecule has 0 radical (unpaired) electrons. The second kappa shape index (κ2) is 10.5. The van der Waals surface area contributed by atoms with Gasteiger partial charge in [0, 0.05) is 18.3 Å². The number of nitro benzene ring substituents is 1. The van der Waals surface area contributed by atoms with E-state index in [1.807, 2.05) is 24.3 Å². The maximum absolute atomic E-state index is 12.5. The third-order valence-electron chi connectivity index (χ3n) is 5.45. The molecule has 1 aromatic heterocycles. The zero-order valence-corrected chi connectivity index (χ0v) is 18.7. The van der Waals surface area contributed by atoms with Gasteiger partial charge in [0.2, 0.25) is 0 Å². The number of carbonyl (C=O) groups excluding carboxylic acids is 1. The molecule has 172 valence electrons. The molecule has 2 aromatic carbocycles. The van der Waals surface area contributed by atoms with Crippen LogP contribution in [0.25, 0.3) is 0 Å². The van der Waals surface area contributed by atoms with Gasteiger partial charge >= 0.3 is 0 Å². The lowest BCUT2D eigenvalue weighted by Crippen LogP contribution is -2.29. The van der Waals surface area contributed by atoms with Crippen molar-refractivity contribution in [2.75, 3.05) is 18.4 Å². The van der Waals surface area contributed by atoms with Gasteiger partial charge in [-0.05, 0) is 61.8 Å². The first-order valence-electron chi connectivity index (χ1n) is 10.8. The number of halogens is 1. The Balaban J connectivity index is 1.31. The molecule has 1 fully saturated rings. The summed E-state index contributed by atoms with van der Waals surface area (Å²) in [6, 6.07) is 14.9. The van der Waals surface area contributed by atoms with Gasteiger partial charge in [-0.25, -0.2) is 0 Å². The van der Waals surface area contributed by atoms with E-state index >= 15 is 0 Å². The van der Waals surface area contributed by atoms with Gasteiger partial charge in [0.25, 0.3) is 11.6 Å². The van der Waals surface area contributed by atoms with Crippen molar-refractivity contribution in [2.45, 2.75) is 32.4 Å². The number of piperidine rings is 1. The van der Waals surface area contributed by atoms with Crippen LogP contribution in [0.1, 0.15) is 41.1 Å². The molecule has 1 saturated heterocycles. The molecule has 8 nitrogen and oxygen atoms in total. The number of likely N-dealkylation sites (tertiary alicyclic amines) is 1. The largest absolute Gasteiger partial charge is 0.484 e. The number of nitro groups is 1. The van der Waals surface area contributed by atoms with Crippen molar-refractivity contribution in [1.82, 2.24) is 4.90 Å². The predicted molar refractivity (Wildman–Crippen MR) is 125 cm³/mol. The molecule has 1 aliphatic heterocycles. The molecule has 9 heteroatoms. The van der Waals surface area contributed by atoms with E-state index in [0.29, 0.717) is 11.4 Å². The Morgan fingerprint density at radius 1 is 1.09 bits per heavy atom. The zero-order valence-electron chi connectivity index (χ0n) is 18.0. The van der Waals surface area contributed by atoms with Gasteiger partial charge in [0.05, 0.1) is 16.0 Å². The highest BCUT2D eigenvalue weighted by atomic mass is 35.5. The van der Waals surface area contributed by atoms with Crippen molar-refractivity contribution in [3.8, 4) is 5.75 Å². The Labute approximate surface area is 196 Å². The molecule has 1 amide bonds. The SMILES string of the molecule is O=C(Nc1ccc(CN2CCCCC2)cc1)c1ccc(COc2cc([N+](=O)[O-])ccc2Cl)o1. The molecule has 0 spiro atoms. The molecule has 0 aliphatic carbocycles. The maximum atomic E-state index is 12.5. The van der Waals surface area contributed by atoms with Crippen LogP contribution < -0.4 is 10.1 Å². The molecular formula is C24H24ClN3O5. The van der Waals surface area contributed by atoms with Crippen LogP contribution in [-0.2, 0) is 13.2 Å². The number of amides is 1. The van der Waals surface area contributed by atoms with Gasteiger partial charge in [-0.2, -0.15) is 0 Å². The number of anilines is 1. The molecular weight excluding hydrogens is 446 g/mol. The molecule has 0 bridgehead atoms. The van der Waals surface area contributed by atoms with E-state index in [-0.39, 0.29) is 34.7 Å². The van der Waals surface area contributed by atoms with E-state index in [0.717, 1.165) is 19.6 Å². The number of nitrogens with one attached hydrogen (secondary N) is 1. The fourth-order valence-corrected chi connectivity index (χ4v) is 3.88. The fourth-order valence-electron chi connectivity index (χ4n) is 3.70.